The molecule has 1 aliphatic rings. The normalized spacial score (nSPS) is 18.3. The number of hydrogen-bond acceptors (Lipinski definition) is 4. The number of ether oxygens (including phenoxy) is 1. The fraction of sp³-hybridized carbons (Fsp3) is 1.00. The summed E-state index contributed by atoms with van der Waals surface area (Å²) >= 11 is 0. The van der Waals surface area contributed by atoms with Gasteiger partial charge in [-0.3, -0.25) is 0 Å². The van der Waals surface area contributed by atoms with E-state index >= 15 is 0 Å². The molecule has 4 heteroatoms. The van der Waals surface area contributed by atoms with Gasteiger partial charge < -0.3 is 20.1 Å². The molecular formula is C16H34N2O2. The summed E-state index contributed by atoms with van der Waals surface area (Å²) in [7, 11) is 0. The van der Waals surface area contributed by atoms with Gasteiger partial charge in [0.1, 0.15) is 0 Å². The Hall–Kier alpha value is -0.160. The summed E-state index contributed by atoms with van der Waals surface area (Å²) < 4.78 is 5.49. The van der Waals surface area contributed by atoms with Gasteiger partial charge in [0.25, 0.3) is 0 Å². The molecule has 1 atom stereocenters. The van der Waals surface area contributed by atoms with Gasteiger partial charge in [-0.2, -0.15) is 0 Å². The topological polar surface area (TPSA) is 44.7 Å². The highest BCUT2D eigenvalue weighted by atomic mass is 16.5. The van der Waals surface area contributed by atoms with Crippen LogP contribution in [0.15, 0.2) is 0 Å². The Kier molecular flexibility index (Phi) is 11.2. The van der Waals surface area contributed by atoms with Gasteiger partial charge in [-0.15, -0.1) is 0 Å². The summed E-state index contributed by atoms with van der Waals surface area (Å²) in [5, 5.41) is 13.1. The van der Waals surface area contributed by atoms with E-state index in [2.05, 4.69) is 17.1 Å². The van der Waals surface area contributed by atoms with Crippen LogP contribution in [0.2, 0.25) is 0 Å². The van der Waals surface area contributed by atoms with Crippen molar-refractivity contribution in [2.45, 2.75) is 58.0 Å². The van der Waals surface area contributed by atoms with Gasteiger partial charge in [0, 0.05) is 26.2 Å². The van der Waals surface area contributed by atoms with E-state index in [0.717, 1.165) is 26.1 Å². The predicted octanol–water partition coefficient (Wildman–Crippen LogP) is 2.02. The van der Waals surface area contributed by atoms with Crippen molar-refractivity contribution in [2.24, 2.45) is 0 Å². The maximum atomic E-state index is 9.79. The molecule has 0 bridgehead atoms. The molecule has 120 valence electrons. The molecule has 0 saturated carbocycles. The molecule has 0 aromatic heterocycles. The third-order valence-corrected chi connectivity index (χ3v) is 3.89. The molecule has 1 saturated heterocycles. The van der Waals surface area contributed by atoms with Crippen molar-refractivity contribution in [3.63, 3.8) is 0 Å². The Morgan fingerprint density at radius 2 is 1.95 bits per heavy atom. The largest absolute Gasteiger partial charge is 0.389 e. The van der Waals surface area contributed by atoms with Gasteiger partial charge in [-0.25, -0.2) is 0 Å². The predicted molar refractivity (Wildman–Crippen MR) is 84.1 cm³/mol. The number of nitrogens with zero attached hydrogens (tertiary/aromatic N) is 1. The summed E-state index contributed by atoms with van der Waals surface area (Å²) in [6, 6.07) is 0. The molecule has 1 heterocycles. The number of rotatable bonds is 12. The van der Waals surface area contributed by atoms with E-state index in [1.165, 1.54) is 51.6 Å². The second-order valence-electron chi connectivity index (χ2n) is 5.90. The van der Waals surface area contributed by atoms with Crippen LogP contribution in [0.4, 0.5) is 0 Å². The molecule has 4 nitrogen and oxygen atoms in total. The summed E-state index contributed by atoms with van der Waals surface area (Å²) in [5.41, 5.74) is 0. The molecule has 0 radical (unpaired) electrons. The van der Waals surface area contributed by atoms with E-state index in [-0.39, 0.29) is 6.10 Å². The smallest absolute Gasteiger partial charge is 0.0897 e. The summed E-state index contributed by atoms with van der Waals surface area (Å²) in [6.07, 6.45) is 8.58. The highest BCUT2D eigenvalue weighted by molar-refractivity contribution is 4.66. The van der Waals surface area contributed by atoms with Gasteiger partial charge in [-0.1, -0.05) is 32.6 Å². The molecule has 0 aromatic carbocycles. The molecule has 0 aliphatic carbocycles. The van der Waals surface area contributed by atoms with Gasteiger partial charge in [-0.05, 0) is 32.4 Å². The van der Waals surface area contributed by atoms with Crippen LogP contribution < -0.4 is 5.32 Å². The molecule has 1 aliphatic heterocycles. The molecule has 1 rings (SSSR count). The quantitative estimate of drug-likeness (QED) is 0.539. The molecule has 1 unspecified atom stereocenters. The monoisotopic (exact) mass is 286 g/mol. The van der Waals surface area contributed by atoms with Crippen LogP contribution in [-0.4, -0.2) is 62.0 Å². The Labute approximate surface area is 124 Å². The average Bonchev–Trinajstić information content (AvgIpc) is 2.48. The Bertz CT molecular complexity index is 209. The van der Waals surface area contributed by atoms with Crippen molar-refractivity contribution in [1.29, 1.82) is 0 Å². The van der Waals surface area contributed by atoms with Crippen LogP contribution in [0.5, 0.6) is 0 Å². The van der Waals surface area contributed by atoms with E-state index in [4.69, 9.17) is 4.74 Å². The molecular weight excluding hydrogens is 252 g/mol. The van der Waals surface area contributed by atoms with E-state index in [9.17, 15) is 5.11 Å². The fourth-order valence-corrected chi connectivity index (χ4v) is 2.60. The maximum Gasteiger partial charge on any atom is 0.0897 e. The number of aliphatic hydroxyl groups excluding tert-OH is 1. The standard InChI is InChI=1S/C16H34N2O2/c1-2-3-4-8-13-20-15-16(19)14-17-9-12-18-10-6-5-7-11-18/h16-17,19H,2-15H2,1H3. The van der Waals surface area contributed by atoms with Gasteiger partial charge in [0.15, 0.2) is 0 Å². The minimum Gasteiger partial charge on any atom is -0.389 e. The van der Waals surface area contributed by atoms with Gasteiger partial charge >= 0.3 is 0 Å². The lowest BCUT2D eigenvalue weighted by Crippen LogP contribution is -2.38. The lowest BCUT2D eigenvalue weighted by atomic mass is 10.1. The molecule has 1 fully saturated rings. The zero-order chi connectivity index (χ0) is 14.5. The second kappa shape index (κ2) is 12.6. The second-order valence-corrected chi connectivity index (χ2v) is 5.90. The molecule has 20 heavy (non-hydrogen) atoms. The van der Waals surface area contributed by atoms with Crippen molar-refractivity contribution in [1.82, 2.24) is 10.2 Å². The third kappa shape index (κ3) is 9.70. The van der Waals surface area contributed by atoms with E-state index in [0.29, 0.717) is 13.2 Å². The lowest BCUT2D eigenvalue weighted by Gasteiger charge is -2.26. The van der Waals surface area contributed by atoms with Crippen molar-refractivity contribution < 1.29 is 9.84 Å². The van der Waals surface area contributed by atoms with Crippen LogP contribution in [0, 0.1) is 0 Å². The lowest BCUT2D eigenvalue weighted by molar-refractivity contribution is 0.0352. The van der Waals surface area contributed by atoms with Crippen molar-refractivity contribution in [3.05, 3.63) is 0 Å². The van der Waals surface area contributed by atoms with Crippen molar-refractivity contribution >= 4 is 0 Å². The van der Waals surface area contributed by atoms with Crippen LogP contribution in [0.3, 0.4) is 0 Å². The summed E-state index contributed by atoms with van der Waals surface area (Å²) in [6.45, 7) is 8.64. The number of hydrogen-bond donors (Lipinski definition) is 2. The number of aliphatic hydroxyl groups is 1. The number of piperidine rings is 1. The Morgan fingerprint density at radius 3 is 2.70 bits per heavy atom. The van der Waals surface area contributed by atoms with Crippen LogP contribution in [0.1, 0.15) is 51.9 Å². The van der Waals surface area contributed by atoms with Crippen molar-refractivity contribution in [2.75, 3.05) is 45.9 Å². The first-order chi connectivity index (χ1) is 9.83. The first kappa shape index (κ1) is 17.9. The average molecular weight is 286 g/mol. The van der Waals surface area contributed by atoms with Crippen molar-refractivity contribution in [3.8, 4) is 0 Å². The molecule has 0 aromatic rings. The van der Waals surface area contributed by atoms with Gasteiger partial charge in [0.05, 0.1) is 12.7 Å². The Balaban J connectivity index is 1.83. The molecule has 0 amide bonds. The highest BCUT2D eigenvalue weighted by Gasteiger charge is 2.09. The van der Waals surface area contributed by atoms with Crippen LogP contribution in [-0.2, 0) is 4.74 Å². The summed E-state index contributed by atoms with van der Waals surface area (Å²) in [4.78, 5) is 2.51. The van der Waals surface area contributed by atoms with E-state index in [1.54, 1.807) is 0 Å². The van der Waals surface area contributed by atoms with Crippen LogP contribution in [0.25, 0.3) is 0 Å². The van der Waals surface area contributed by atoms with E-state index in [1.807, 2.05) is 0 Å². The zero-order valence-electron chi connectivity index (χ0n) is 13.3. The highest BCUT2D eigenvalue weighted by Crippen LogP contribution is 2.07. The molecule has 2 N–H and O–H groups in total. The van der Waals surface area contributed by atoms with Gasteiger partial charge in [0.2, 0.25) is 0 Å². The number of likely N-dealkylation sites (tertiary alicyclic amines) is 1. The first-order valence-corrected chi connectivity index (χ1v) is 8.51. The zero-order valence-corrected chi connectivity index (χ0v) is 13.3. The number of unbranched alkanes of at least 4 members (excludes halogenated alkanes) is 3. The SMILES string of the molecule is CCCCCCOCC(O)CNCCN1CCCCC1. The molecule has 0 spiro atoms. The minimum atomic E-state index is -0.373. The minimum absolute atomic E-state index is 0.373. The maximum absolute atomic E-state index is 9.79. The number of nitrogens with one attached hydrogen (secondary N) is 1. The fourth-order valence-electron chi connectivity index (χ4n) is 2.60. The van der Waals surface area contributed by atoms with Crippen LogP contribution >= 0.6 is 0 Å². The van der Waals surface area contributed by atoms with E-state index < -0.39 is 0 Å². The third-order valence-electron chi connectivity index (χ3n) is 3.89. The first-order valence-electron chi connectivity index (χ1n) is 8.51. The summed E-state index contributed by atoms with van der Waals surface area (Å²) in [5.74, 6) is 0. The Morgan fingerprint density at radius 1 is 1.15 bits per heavy atom.